The number of amides is 1. The van der Waals surface area contributed by atoms with E-state index in [0.717, 1.165) is 41.9 Å². The normalized spacial score (nSPS) is 15.9. The Hall–Kier alpha value is -4.73. The molecular formula is C30H30N8O2. The van der Waals surface area contributed by atoms with Crippen molar-refractivity contribution in [1.29, 1.82) is 0 Å². The van der Waals surface area contributed by atoms with Gasteiger partial charge < -0.3 is 18.9 Å². The maximum atomic E-state index is 13.7. The molecule has 0 saturated carbocycles. The Morgan fingerprint density at radius 3 is 2.70 bits per heavy atom. The number of nitrogens with zero attached hydrogens (tertiary/aromatic N) is 7. The second-order valence-electron chi connectivity index (χ2n) is 11.6. The first-order valence-electron chi connectivity index (χ1n) is 13.4. The Morgan fingerprint density at radius 2 is 1.85 bits per heavy atom. The molecule has 1 aliphatic heterocycles. The Morgan fingerprint density at radius 1 is 1.00 bits per heavy atom. The molecule has 0 aromatic carbocycles. The fourth-order valence-electron chi connectivity index (χ4n) is 6.13. The molecule has 5 aromatic rings. The molecule has 0 atom stereocenters. The first-order valence-corrected chi connectivity index (χ1v) is 13.4. The number of nitrogens with one attached hydrogen (secondary N) is 1. The summed E-state index contributed by atoms with van der Waals surface area (Å²) < 4.78 is 5.61. The maximum absolute atomic E-state index is 13.7. The molecule has 0 bridgehead atoms. The van der Waals surface area contributed by atoms with Gasteiger partial charge in [-0.3, -0.25) is 14.5 Å². The van der Waals surface area contributed by atoms with Crippen LogP contribution in [-0.2, 0) is 26.4 Å². The molecule has 10 heteroatoms. The van der Waals surface area contributed by atoms with E-state index in [1.807, 2.05) is 41.9 Å². The van der Waals surface area contributed by atoms with Gasteiger partial charge in [0.2, 0.25) is 0 Å². The molecule has 6 heterocycles. The van der Waals surface area contributed by atoms with Gasteiger partial charge in [0.05, 0.1) is 5.69 Å². The Balaban J connectivity index is 1.23. The van der Waals surface area contributed by atoms with E-state index < -0.39 is 0 Å². The highest BCUT2D eigenvalue weighted by molar-refractivity contribution is 6.06. The zero-order valence-electron chi connectivity index (χ0n) is 23.0. The minimum absolute atomic E-state index is 0.0311. The summed E-state index contributed by atoms with van der Waals surface area (Å²) in [5, 5.41) is 3.16. The number of carbonyl (C=O) groups is 1. The monoisotopic (exact) mass is 534 g/mol. The van der Waals surface area contributed by atoms with Crippen molar-refractivity contribution in [3.05, 3.63) is 88.1 Å². The quantitative estimate of drug-likeness (QED) is 0.372. The van der Waals surface area contributed by atoms with E-state index in [0.29, 0.717) is 23.7 Å². The first-order chi connectivity index (χ1) is 19.2. The number of aryl methyl sites for hydroxylation is 1. The summed E-state index contributed by atoms with van der Waals surface area (Å²) >= 11 is 0. The van der Waals surface area contributed by atoms with Crippen LogP contribution in [-0.4, -0.2) is 40.9 Å². The fraction of sp³-hybridized carbons (Fsp3) is 0.300. The molecule has 10 nitrogen and oxygen atoms in total. The van der Waals surface area contributed by atoms with Crippen molar-refractivity contribution in [2.75, 3.05) is 16.8 Å². The van der Waals surface area contributed by atoms with E-state index in [2.05, 4.69) is 39.8 Å². The van der Waals surface area contributed by atoms with Crippen LogP contribution in [0.1, 0.15) is 41.2 Å². The lowest BCUT2D eigenvalue weighted by atomic mass is 9.90. The average molecular weight is 535 g/mol. The van der Waals surface area contributed by atoms with Crippen molar-refractivity contribution >= 4 is 28.9 Å². The van der Waals surface area contributed by atoms with E-state index in [9.17, 15) is 9.59 Å². The number of rotatable bonds is 4. The highest BCUT2D eigenvalue weighted by atomic mass is 16.2. The lowest BCUT2D eigenvalue weighted by Gasteiger charge is -2.30. The largest absolute Gasteiger partial charge is 0.339 e. The van der Waals surface area contributed by atoms with Crippen LogP contribution in [0.3, 0.4) is 0 Å². The summed E-state index contributed by atoms with van der Waals surface area (Å²) in [6.45, 7) is 7.80. The van der Waals surface area contributed by atoms with Crippen molar-refractivity contribution in [3.63, 3.8) is 0 Å². The zero-order valence-corrected chi connectivity index (χ0v) is 23.0. The SMILES string of the molecule is Cc1c(-c2cn(C)c(=O)c(Nc3ccn4ccnc4c3)n2)ccnc1N1CCn2c(cc3c2CC(C)(C)C3)C1=O. The molecule has 0 radical (unpaired) electrons. The second kappa shape index (κ2) is 8.64. The lowest BCUT2D eigenvalue weighted by molar-refractivity contribution is 0.0963. The number of carbonyl (C=O) groups excluding carboxylic acids is 1. The number of pyridine rings is 2. The third-order valence-electron chi connectivity index (χ3n) is 8.07. The van der Waals surface area contributed by atoms with Gasteiger partial charge in [-0.2, -0.15) is 0 Å². The van der Waals surface area contributed by atoms with Gasteiger partial charge in [-0.15, -0.1) is 0 Å². The van der Waals surface area contributed by atoms with Gasteiger partial charge in [0.15, 0.2) is 5.82 Å². The van der Waals surface area contributed by atoms with E-state index in [1.165, 1.54) is 15.8 Å². The van der Waals surface area contributed by atoms with E-state index in [1.54, 1.807) is 30.5 Å². The minimum atomic E-state index is -0.248. The van der Waals surface area contributed by atoms with Gasteiger partial charge in [-0.1, -0.05) is 13.8 Å². The Bertz CT molecular complexity index is 1890. The maximum Gasteiger partial charge on any atom is 0.293 e. The van der Waals surface area contributed by atoms with Crippen LogP contribution in [0, 0.1) is 12.3 Å². The number of anilines is 3. The van der Waals surface area contributed by atoms with Crippen LogP contribution in [0.25, 0.3) is 16.9 Å². The van der Waals surface area contributed by atoms with E-state index in [-0.39, 0.29) is 22.7 Å². The smallest absolute Gasteiger partial charge is 0.293 e. The molecule has 0 saturated heterocycles. The van der Waals surface area contributed by atoms with Gasteiger partial charge in [-0.25, -0.2) is 15.0 Å². The molecule has 7 rings (SSSR count). The second-order valence-corrected chi connectivity index (χ2v) is 11.6. The summed E-state index contributed by atoms with van der Waals surface area (Å²) in [7, 11) is 1.71. The molecule has 202 valence electrons. The molecule has 0 unspecified atom stereocenters. The van der Waals surface area contributed by atoms with Crippen LogP contribution in [0.15, 0.2) is 60.0 Å². The molecule has 2 aliphatic rings. The Labute approximate surface area is 230 Å². The van der Waals surface area contributed by atoms with Crippen LogP contribution in [0.2, 0.25) is 0 Å². The highest BCUT2D eigenvalue weighted by Crippen LogP contribution is 2.40. The molecule has 1 N–H and O–H groups in total. The molecule has 5 aromatic heterocycles. The lowest BCUT2D eigenvalue weighted by Crippen LogP contribution is -2.41. The van der Waals surface area contributed by atoms with E-state index >= 15 is 0 Å². The Kier molecular flexibility index (Phi) is 5.25. The molecule has 1 amide bonds. The predicted octanol–water partition coefficient (Wildman–Crippen LogP) is 4.13. The van der Waals surface area contributed by atoms with Crippen molar-refractivity contribution in [1.82, 2.24) is 28.5 Å². The number of aromatic nitrogens is 6. The third kappa shape index (κ3) is 3.82. The van der Waals surface area contributed by atoms with Gasteiger partial charge >= 0.3 is 0 Å². The molecular weight excluding hydrogens is 504 g/mol. The van der Waals surface area contributed by atoms with Crippen molar-refractivity contribution in [2.45, 2.75) is 40.2 Å². The van der Waals surface area contributed by atoms with Crippen LogP contribution >= 0.6 is 0 Å². The number of fused-ring (bicyclic) bond motifs is 4. The predicted molar refractivity (Wildman–Crippen MR) is 153 cm³/mol. The summed E-state index contributed by atoms with van der Waals surface area (Å²) in [6.07, 6.45) is 10.9. The summed E-state index contributed by atoms with van der Waals surface area (Å²) in [5.41, 5.74) is 7.04. The van der Waals surface area contributed by atoms with Crippen molar-refractivity contribution in [2.24, 2.45) is 12.5 Å². The summed E-state index contributed by atoms with van der Waals surface area (Å²) in [6, 6.07) is 7.68. The van der Waals surface area contributed by atoms with Crippen molar-refractivity contribution in [3.8, 4) is 11.3 Å². The van der Waals surface area contributed by atoms with E-state index in [4.69, 9.17) is 4.98 Å². The molecule has 1 aliphatic carbocycles. The van der Waals surface area contributed by atoms with Gasteiger partial charge in [-0.05, 0) is 48.9 Å². The number of imidazole rings is 1. The third-order valence-corrected chi connectivity index (χ3v) is 8.07. The number of hydrogen-bond acceptors (Lipinski definition) is 6. The van der Waals surface area contributed by atoms with Crippen LogP contribution < -0.4 is 15.8 Å². The average Bonchev–Trinajstić information content (AvgIpc) is 3.59. The molecule has 40 heavy (non-hydrogen) atoms. The van der Waals surface area contributed by atoms with Crippen LogP contribution in [0.4, 0.5) is 17.3 Å². The highest BCUT2D eigenvalue weighted by Gasteiger charge is 2.37. The summed E-state index contributed by atoms with van der Waals surface area (Å²) in [5.74, 6) is 0.791. The standard InChI is InChI=1S/C30H30N8O2/c1-18-21(22-17-35(4)29(40)26(34-22)33-20-6-9-36-10-8-31-25(36)14-20)5-7-32-27(18)38-12-11-37-23(28(38)39)13-19-15-30(2,3)16-24(19)37/h5-10,13-14,17H,11-12,15-16H2,1-4H3,(H,33,34). The van der Waals surface area contributed by atoms with Crippen molar-refractivity contribution < 1.29 is 4.79 Å². The zero-order chi connectivity index (χ0) is 27.8. The van der Waals surface area contributed by atoms with Gasteiger partial charge in [0.1, 0.15) is 17.2 Å². The summed E-state index contributed by atoms with van der Waals surface area (Å²) in [4.78, 5) is 42.1. The minimum Gasteiger partial charge on any atom is -0.339 e. The number of hydrogen-bond donors (Lipinski definition) is 1. The first kappa shape index (κ1) is 24.3. The van der Waals surface area contributed by atoms with Gasteiger partial charge in [0.25, 0.3) is 11.5 Å². The molecule has 0 spiro atoms. The van der Waals surface area contributed by atoms with Crippen LogP contribution in [0.5, 0.6) is 0 Å². The fourth-order valence-corrected chi connectivity index (χ4v) is 6.13. The van der Waals surface area contributed by atoms with Gasteiger partial charge in [0, 0.05) is 79.7 Å². The topological polar surface area (TPSA) is 102 Å². The molecule has 0 fully saturated rings.